The molecule has 142 valence electrons. The predicted molar refractivity (Wildman–Crippen MR) is 90.7 cm³/mol. The average molecular weight is 366 g/mol. The Balaban J connectivity index is 4.33. The predicted octanol–water partition coefficient (Wildman–Crippen LogP) is 3.17. The van der Waals surface area contributed by atoms with Gasteiger partial charge in [-0.2, -0.15) is 0 Å². The molecule has 24 heavy (non-hydrogen) atoms. The zero-order valence-corrected chi connectivity index (χ0v) is 15.6. The number of carbonyl (C=O) groups excluding carboxylic acids is 2. The van der Waals surface area contributed by atoms with Crippen molar-refractivity contribution in [2.24, 2.45) is 0 Å². The molecule has 0 saturated heterocycles. The maximum absolute atomic E-state index is 11.8. The second kappa shape index (κ2) is 13.4. The molecule has 7 nitrogen and oxygen atoms in total. The third-order valence-corrected chi connectivity index (χ3v) is 4.28. The number of hydrogen-bond acceptors (Lipinski definition) is 5. The lowest BCUT2D eigenvalue weighted by Crippen LogP contribution is -2.26. The summed E-state index contributed by atoms with van der Waals surface area (Å²) < 4.78 is 21.3. The zero-order valence-electron chi connectivity index (χ0n) is 14.7. The van der Waals surface area contributed by atoms with Crippen LogP contribution in [0.5, 0.6) is 0 Å². The highest BCUT2D eigenvalue weighted by molar-refractivity contribution is 7.51. The molecule has 0 saturated carbocycles. The molecule has 0 rings (SSSR count). The maximum atomic E-state index is 11.8. The molecule has 0 aromatic rings. The first-order valence-electron chi connectivity index (χ1n) is 8.68. The molecule has 8 heteroatoms. The summed E-state index contributed by atoms with van der Waals surface area (Å²) >= 11 is 0. The van der Waals surface area contributed by atoms with Crippen LogP contribution in [0.3, 0.4) is 0 Å². The molecular formula is C16H31O7P. The van der Waals surface area contributed by atoms with Crippen molar-refractivity contribution in [3.05, 3.63) is 0 Å². The second-order valence-corrected chi connectivity index (χ2v) is 7.66. The topological polar surface area (TPSA) is 110 Å². The van der Waals surface area contributed by atoms with Gasteiger partial charge >= 0.3 is 19.5 Å². The van der Waals surface area contributed by atoms with Crippen LogP contribution in [0.2, 0.25) is 0 Å². The summed E-state index contributed by atoms with van der Waals surface area (Å²) in [4.78, 5) is 41.3. The van der Waals surface area contributed by atoms with E-state index in [0.717, 1.165) is 32.1 Å². The van der Waals surface area contributed by atoms with Crippen molar-refractivity contribution in [3.63, 3.8) is 0 Å². The van der Waals surface area contributed by atoms with Crippen LogP contribution in [0, 0.1) is 0 Å². The van der Waals surface area contributed by atoms with Crippen molar-refractivity contribution in [2.75, 3.05) is 12.8 Å². The van der Waals surface area contributed by atoms with E-state index in [1.165, 1.54) is 0 Å². The molecule has 0 aromatic carbocycles. The lowest BCUT2D eigenvalue weighted by Gasteiger charge is -2.18. The Hall–Kier alpha value is -0.910. The fourth-order valence-electron chi connectivity index (χ4n) is 2.03. The van der Waals surface area contributed by atoms with E-state index < -0.39 is 25.8 Å². The summed E-state index contributed by atoms with van der Waals surface area (Å²) in [6.45, 7) is 3.89. The Labute approximate surface area is 144 Å². The van der Waals surface area contributed by atoms with Crippen molar-refractivity contribution in [3.8, 4) is 0 Å². The van der Waals surface area contributed by atoms with Gasteiger partial charge in [-0.15, -0.1) is 0 Å². The Morgan fingerprint density at radius 3 is 2.00 bits per heavy atom. The number of carbonyl (C=O) groups is 2. The molecular weight excluding hydrogens is 335 g/mol. The van der Waals surface area contributed by atoms with Crippen LogP contribution < -0.4 is 0 Å². The zero-order chi connectivity index (χ0) is 18.4. The van der Waals surface area contributed by atoms with Crippen LogP contribution in [-0.2, 0) is 23.6 Å². The number of hydrogen-bond donors (Lipinski definition) is 2. The molecule has 0 fully saturated rings. The molecule has 0 heterocycles. The van der Waals surface area contributed by atoms with Gasteiger partial charge < -0.3 is 19.3 Å². The van der Waals surface area contributed by atoms with E-state index in [9.17, 15) is 14.2 Å². The number of unbranched alkanes of at least 4 members (excludes halogenated alkanes) is 4. The standard InChI is InChI=1S/C16H31O7P/c1-3-5-7-9-15(17)22-13-14(11-12-24(19,20)21)23-16(18)10-8-6-4-2/h14H,3-13H2,1-2H3,(H2,19,20,21). The highest BCUT2D eigenvalue weighted by Crippen LogP contribution is 2.35. The first-order chi connectivity index (χ1) is 11.3. The minimum Gasteiger partial charge on any atom is -0.462 e. The van der Waals surface area contributed by atoms with Crippen molar-refractivity contribution < 1.29 is 33.4 Å². The number of esters is 2. The van der Waals surface area contributed by atoms with Gasteiger partial charge in [0.1, 0.15) is 12.7 Å². The maximum Gasteiger partial charge on any atom is 0.325 e. The van der Waals surface area contributed by atoms with Crippen LogP contribution in [0.25, 0.3) is 0 Å². The molecule has 0 bridgehead atoms. The lowest BCUT2D eigenvalue weighted by atomic mass is 10.2. The Morgan fingerprint density at radius 1 is 0.958 bits per heavy atom. The van der Waals surface area contributed by atoms with Crippen LogP contribution in [0.15, 0.2) is 0 Å². The summed E-state index contributed by atoms with van der Waals surface area (Å²) in [7, 11) is -4.19. The lowest BCUT2D eigenvalue weighted by molar-refractivity contribution is -0.159. The first-order valence-corrected chi connectivity index (χ1v) is 10.5. The average Bonchev–Trinajstić information content (AvgIpc) is 2.49. The van der Waals surface area contributed by atoms with E-state index in [2.05, 4.69) is 0 Å². The van der Waals surface area contributed by atoms with Gasteiger partial charge in [-0.3, -0.25) is 14.2 Å². The highest BCUT2D eigenvalue weighted by Gasteiger charge is 2.22. The quantitative estimate of drug-likeness (QED) is 0.276. The van der Waals surface area contributed by atoms with Crippen LogP contribution in [-0.4, -0.2) is 40.6 Å². The summed E-state index contributed by atoms with van der Waals surface area (Å²) in [6, 6.07) is 0. The van der Waals surface area contributed by atoms with Crippen LogP contribution >= 0.6 is 7.60 Å². The van der Waals surface area contributed by atoms with Gasteiger partial charge in [0, 0.05) is 12.8 Å². The third-order valence-electron chi connectivity index (χ3n) is 3.44. The molecule has 0 aliphatic heterocycles. The van der Waals surface area contributed by atoms with Gasteiger partial charge in [-0.25, -0.2) is 0 Å². The van der Waals surface area contributed by atoms with Crippen molar-refractivity contribution in [2.45, 2.75) is 77.7 Å². The molecule has 1 unspecified atom stereocenters. The van der Waals surface area contributed by atoms with Crippen molar-refractivity contribution in [1.82, 2.24) is 0 Å². The van der Waals surface area contributed by atoms with Crippen molar-refractivity contribution in [1.29, 1.82) is 0 Å². The first kappa shape index (κ1) is 23.1. The SMILES string of the molecule is CCCCCC(=O)OCC(CCP(=O)(O)O)OC(=O)CCCCC. The fraction of sp³-hybridized carbons (Fsp3) is 0.875. The normalized spacial score (nSPS) is 12.7. The number of rotatable bonds is 14. The van der Waals surface area contributed by atoms with Gasteiger partial charge in [-0.05, 0) is 19.3 Å². The Bertz CT molecular complexity index is 405. The van der Waals surface area contributed by atoms with Gasteiger partial charge in [-0.1, -0.05) is 39.5 Å². The Kier molecular flexibility index (Phi) is 12.9. The van der Waals surface area contributed by atoms with E-state index in [-0.39, 0.29) is 25.4 Å². The second-order valence-electron chi connectivity index (χ2n) is 5.89. The van der Waals surface area contributed by atoms with E-state index in [1.807, 2.05) is 13.8 Å². The molecule has 0 aliphatic rings. The van der Waals surface area contributed by atoms with Crippen LogP contribution in [0.4, 0.5) is 0 Å². The fourth-order valence-corrected chi connectivity index (χ4v) is 2.65. The highest BCUT2D eigenvalue weighted by atomic mass is 31.2. The molecule has 0 spiro atoms. The van der Waals surface area contributed by atoms with E-state index in [0.29, 0.717) is 12.8 Å². The van der Waals surface area contributed by atoms with E-state index in [1.54, 1.807) is 0 Å². The van der Waals surface area contributed by atoms with Gasteiger partial charge in [0.2, 0.25) is 0 Å². The third kappa shape index (κ3) is 14.7. The van der Waals surface area contributed by atoms with Gasteiger partial charge in [0.25, 0.3) is 0 Å². The van der Waals surface area contributed by atoms with Crippen LogP contribution in [0.1, 0.15) is 71.6 Å². The molecule has 0 aliphatic carbocycles. The summed E-state index contributed by atoms with van der Waals surface area (Å²) in [6.07, 6.45) is 4.54. The van der Waals surface area contributed by atoms with Gasteiger partial charge in [0.15, 0.2) is 0 Å². The molecule has 0 aromatic heterocycles. The molecule has 0 amide bonds. The monoisotopic (exact) mass is 366 g/mol. The van der Waals surface area contributed by atoms with E-state index in [4.69, 9.17) is 19.3 Å². The number of ether oxygens (including phenoxy) is 2. The van der Waals surface area contributed by atoms with E-state index >= 15 is 0 Å². The summed E-state index contributed by atoms with van der Waals surface area (Å²) in [5.41, 5.74) is 0. The van der Waals surface area contributed by atoms with Gasteiger partial charge in [0.05, 0.1) is 6.16 Å². The largest absolute Gasteiger partial charge is 0.462 e. The van der Waals surface area contributed by atoms with Crippen molar-refractivity contribution >= 4 is 19.5 Å². The summed E-state index contributed by atoms with van der Waals surface area (Å²) in [5.74, 6) is -0.812. The molecule has 2 N–H and O–H groups in total. The minimum absolute atomic E-state index is 0.0357. The Morgan fingerprint density at radius 2 is 1.50 bits per heavy atom. The molecule has 0 radical (unpaired) electrons. The summed E-state index contributed by atoms with van der Waals surface area (Å²) in [5, 5.41) is 0. The minimum atomic E-state index is -4.19. The smallest absolute Gasteiger partial charge is 0.325 e. The molecule has 1 atom stereocenters.